The SMILES string of the molecule is COc1nc(-c2cccc(-c3cccc(-c4cc5c(c(OC)n4)[C@@H](NC[C@@H]4CCC(=O)N4)CO5)c3C)c2C)cnc1CN1CCN(C(C)=O)CC1. The number of nitrogens with one attached hydrogen (secondary N) is 2. The summed E-state index contributed by atoms with van der Waals surface area (Å²) in [6.07, 6.45) is 3.22. The largest absolute Gasteiger partial charge is 0.491 e. The number of pyridine rings is 1. The Bertz CT molecular complexity index is 1960. The summed E-state index contributed by atoms with van der Waals surface area (Å²) in [5.74, 6) is 2.00. The standard InChI is InChI=1S/C39H45N7O5/c1-23-27(8-6-10-29(23)31-18-35-37(39(43-31)50-5)34(22-51-35)40-19-26-12-13-36(48)42-26)28-9-7-11-30(24(28)2)32-20-41-33(38(44-32)49-4)21-45-14-16-46(17-15-45)25(3)47/h6-11,18,20,26,34,40H,12-17,19,21-22H2,1-5H3,(H,42,48)/t26-,34-/m0/s1. The summed E-state index contributed by atoms with van der Waals surface area (Å²) in [4.78, 5) is 42.3. The van der Waals surface area contributed by atoms with Gasteiger partial charge in [-0.3, -0.25) is 19.5 Å². The lowest BCUT2D eigenvalue weighted by molar-refractivity contribution is -0.130. The van der Waals surface area contributed by atoms with E-state index in [-0.39, 0.29) is 23.9 Å². The Kier molecular flexibility index (Phi) is 9.88. The van der Waals surface area contributed by atoms with Gasteiger partial charge in [-0.25, -0.2) is 9.97 Å². The molecule has 51 heavy (non-hydrogen) atoms. The van der Waals surface area contributed by atoms with Crippen molar-refractivity contribution in [2.24, 2.45) is 0 Å². The second kappa shape index (κ2) is 14.7. The van der Waals surface area contributed by atoms with E-state index in [1.54, 1.807) is 21.1 Å². The van der Waals surface area contributed by atoms with Crippen LogP contribution in [0.1, 0.15) is 48.2 Å². The highest BCUT2D eigenvalue weighted by molar-refractivity contribution is 5.83. The first kappa shape index (κ1) is 34.4. The first-order chi connectivity index (χ1) is 24.7. The summed E-state index contributed by atoms with van der Waals surface area (Å²) >= 11 is 0. The molecule has 0 spiro atoms. The van der Waals surface area contributed by atoms with Crippen LogP contribution in [0.3, 0.4) is 0 Å². The molecule has 0 unspecified atom stereocenters. The van der Waals surface area contributed by atoms with Crippen molar-refractivity contribution < 1.29 is 23.8 Å². The molecule has 5 heterocycles. The number of hydrogen-bond donors (Lipinski definition) is 2. The molecule has 3 aliphatic rings. The molecule has 0 aliphatic carbocycles. The quantitative estimate of drug-likeness (QED) is 0.246. The van der Waals surface area contributed by atoms with Crippen LogP contribution >= 0.6 is 0 Å². The molecule has 4 aromatic rings. The third-order valence-corrected chi connectivity index (χ3v) is 10.3. The van der Waals surface area contributed by atoms with Crippen LogP contribution in [0.15, 0.2) is 48.7 Å². The molecule has 0 saturated carbocycles. The lowest BCUT2D eigenvalue weighted by Gasteiger charge is -2.34. The Hall–Kier alpha value is -5.07. The second-order valence-electron chi connectivity index (χ2n) is 13.5. The highest BCUT2D eigenvalue weighted by Gasteiger charge is 2.32. The Morgan fingerprint density at radius 2 is 1.59 bits per heavy atom. The fraction of sp³-hybridized carbons (Fsp3) is 0.410. The molecular formula is C39H45N7O5. The molecule has 0 radical (unpaired) electrons. The van der Waals surface area contributed by atoms with Crippen molar-refractivity contribution in [2.45, 2.75) is 52.2 Å². The number of amides is 2. The van der Waals surface area contributed by atoms with Crippen LogP contribution < -0.4 is 24.8 Å². The van der Waals surface area contributed by atoms with Gasteiger partial charge in [0, 0.05) is 75.8 Å². The van der Waals surface area contributed by atoms with E-state index in [2.05, 4.69) is 65.8 Å². The average molecular weight is 692 g/mol. The van der Waals surface area contributed by atoms with Crippen LogP contribution in [0.25, 0.3) is 33.6 Å². The van der Waals surface area contributed by atoms with Crippen molar-refractivity contribution in [3.05, 3.63) is 71.0 Å². The molecule has 2 N–H and O–H groups in total. The van der Waals surface area contributed by atoms with Crippen LogP contribution in [0.4, 0.5) is 0 Å². The predicted molar refractivity (Wildman–Crippen MR) is 194 cm³/mol. The van der Waals surface area contributed by atoms with Crippen LogP contribution in [0.5, 0.6) is 17.5 Å². The number of carbonyl (C=O) groups excluding carboxylic acids is 2. The maximum atomic E-state index is 11.7. The Balaban J connectivity index is 1.14. The van der Waals surface area contributed by atoms with Gasteiger partial charge in [-0.15, -0.1) is 0 Å². The van der Waals surface area contributed by atoms with Gasteiger partial charge in [-0.1, -0.05) is 36.4 Å². The lowest BCUT2D eigenvalue weighted by atomic mass is 9.90. The van der Waals surface area contributed by atoms with E-state index < -0.39 is 0 Å². The van der Waals surface area contributed by atoms with E-state index in [0.29, 0.717) is 51.0 Å². The van der Waals surface area contributed by atoms with E-state index in [9.17, 15) is 9.59 Å². The number of methoxy groups -OCH3 is 2. The zero-order chi connectivity index (χ0) is 35.6. The molecule has 12 heteroatoms. The molecule has 12 nitrogen and oxygen atoms in total. The van der Waals surface area contributed by atoms with Gasteiger partial charge < -0.3 is 29.7 Å². The van der Waals surface area contributed by atoms with Gasteiger partial charge in [0.25, 0.3) is 0 Å². The van der Waals surface area contributed by atoms with E-state index in [4.69, 9.17) is 29.2 Å². The molecule has 2 amide bonds. The predicted octanol–water partition coefficient (Wildman–Crippen LogP) is 4.47. The fourth-order valence-electron chi connectivity index (χ4n) is 7.42. The van der Waals surface area contributed by atoms with Gasteiger partial charge in [-0.2, -0.15) is 0 Å². The van der Waals surface area contributed by atoms with Crippen molar-refractivity contribution in [3.8, 4) is 51.2 Å². The van der Waals surface area contributed by atoms with Gasteiger partial charge >= 0.3 is 0 Å². The van der Waals surface area contributed by atoms with E-state index >= 15 is 0 Å². The minimum atomic E-state index is -0.0777. The summed E-state index contributed by atoms with van der Waals surface area (Å²) in [6, 6.07) is 14.6. The molecule has 3 aliphatic heterocycles. The molecule has 2 fully saturated rings. The van der Waals surface area contributed by atoms with Crippen molar-refractivity contribution in [3.63, 3.8) is 0 Å². The van der Waals surface area contributed by atoms with Crippen molar-refractivity contribution >= 4 is 11.8 Å². The molecule has 2 aromatic carbocycles. The Labute approximate surface area is 298 Å². The number of fused-ring (bicyclic) bond motifs is 1. The van der Waals surface area contributed by atoms with Crippen LogP contribution in [0, 0.1) is 13.8 Å². The molecule has 0 bridgehead atoms. The number of hydrogen-bond acceptors (Lipinski definition) is 10. The summed E-state index contributed by atoms with van der Waals surface area (Å²) < 4.78 is 17.7. The average Bonchev–Trinajstić information content (AvgIpc) is 3.76. The number of piperazine rings is 1. The van der Waals surface area contributed by atoms with Gasteiger partial charge in [0.15, 0.2) is 0 Å². The van der Waals surface area contributed by atoms with Gasteiger partial charge in [0.2, 0.25) is 23.6 Å². The maximum absolute atomic E-state index is 11.7. The number of ether oxygens (including phenoxy) is 3. The third kappa shape index (κ3) is 6.98. The minimum Gasteiger partial charge on any atom is -0.491 e. The van der Waals surface area contributed by atoms with E-state index in [0.717, 1.165) is 81.3 Å². The number of nitrogens with zero attached hydrogens (tertiary/aromatic N) is 5. The smallest absolute Gasteiger partial charge is 0.237 e. The Morgan fingerprint density at radius 1 is 0.941 bits per heavy atom. The van der Waals surface area contributed by atoms with E-state index in [1.165, 1.54) is 0 Å². The third-order valence-electron chi connectivity index (χ3n) is 10.3. The lowest BCUT2D eigenvalue weighted by Crippen LogP contribution is -2.47. The molecule has 2 saturated heterocycles. The first-order valence-corrected chi connectivity index (χ1v) is 17.6. The van der Waals surface area contributed by atoms with Crippen molar-refractivity contribution in [1.29, 1.82) is 0 Å². The van der Waals surface area contributed by atoms with E-state index in [1.807, 2.05) is 17.2 Å². The minimum absolute atomic E-state index is 0.0777. The molecule has 2 atom stereocenters. The highest BCUT2D eigenvalue weighted by atomic mass is 16.5. The van der Waals surface area contributed by atoms with Gasteiger partial charge in [0.05, 0.1) is 43.4 Å². The number of rotatable bonds is 10. The summed E-state index contributed by atoms with van der Waals surface area (Å²) in [5.41, 5.74) is 9.51. The van der Waals surface area contributed by atoms with Gasteiger partial charge in [-0.05, 0) is 42.5 Å². The molecule has 266 valence electrons. The molecule has 2 aromatic heterocycles. The van der Waals surface area contributed by atoms with Crippen molar-refractivity contribution in [2.75, 3.05) is 53.6 Å². The second-order valence-corrected chi connectivity index (χ2v) is 13.5. The zero-order valence-electron chi connectivity index (χ0n) is 29.9. The molecular weight excluding hydrogens is 646 g/mol. The van der Waals surface area contributed by atoms with Crippen LogP contribution in [0.2, 0.25) is 0 Å². The normalized spacial score (nSPS) is 18.7. The van der Waals surface area contributed by atoms with Crippen LogP contribution in [-0.4, -0.2) is 96.2 Å². The summed E-state index contributed by atoms with van der Waals surface area (Å²) in [5, 5.41) is 6.56. The summed E-state index contributed by atoms with van der Waals surface area (Å²) in [7, 11) is 3.27. The number of aromatic nitrogens is 3. The first-order valence-electron chi connectivity index (χ1n) is 17.6. The summed E-state index contributed by atoms with van der Waals surface area (Å²) in [6.45, 7) is 10.6. The number of benzene rings is 2. The number of carbonyl (C=O) groups is 2. The monoisotopic (exact) mass is 691 g/mol. The maximum Gasteiger partial charge on any atom is 0.237 e. The highest BCUT2D eigenvalue weighted by Crippen LogP contribution is 2.43. The van der Waals surface area contributed by atoms with Crippen molar-refractivity contribution in [1.82, 2.24) is 35.4 Å². The fourth-order valence-corrected chi connectivity index (χ4v) is 7.42. The van der Waals surface area contributed by atoms with Crippen LogP contribution in [-0.2, 0) is 16.1 Å². The zero-order valence-corrected chi connectivity index (χ0v) is 29.9. The Morgan fingerprint density at radius 3 is 2.22 bits per heavy atom. The molecule has 7 rings (SSSR count). The topological polar surface area (TPSA) is 131 Å². The van der Waals surface area contributed by atoms with Gasteiger partial charge in [0.1, 0.15) is 18.1 Å².